The van der Waals surface area contributed by atoms with Gasteiger partial charge in [0.05, 0.1) is 156 Å². The van der Waals surface area contributed by atoms with Crippen molar-refractivity contribution in [2.45, 2.75) is 112 Å². The number of benzene rings is 4. The zero-order chi connectivity index (χ0) is 108. The van der Waals surface area contributed by atoms with Gasteiger partial charge in [-0.05, 0) is 151 Å². The third-order valence-electron chi connectivity index (χ3n) is 24.7. The van der Waals surface area contributed by atoms with Crippen LogP contribution in [0.2, 0.25) is 0 Å². The number of nitrogens with one attached hydrogen (secondary N) is 7. The zero-order valence-electron chi connectivity index (χ0n) is 83.3. The van der Waals surface area contributed by atoms with E-state index in [0.717, 1.165) is 28.1 Å². The van der Waals surface area contributed by atoms with Crippen molar-refractivity contribution in [2.24, 2.45) is 28.2 Å². The number of hydrogen-bond acceptors (Lipinski definition) is 30. The molecule has 1 atom stereocenters. The van der Waals surface area contributed by atoms with Crippen LogP contribution in [0.15, 0.2) is 142 Å². The summed E-state index contributed by atoms with van der Waals surface area (Å²) in [5, 5.41) is 17.9. The molecule has 0 saturated carbocycles. The first-order valence-electron chi connectivity index (χ1n) is 45.7. The molecule has 13 heterocycles. The number of carbonyl (C=O) groups is 12. The molecule has 17 rings (SSSR count). The van der Waals surface area contributed by atoms with Crippen LogP contribution in [0.4, 0.5) is 22.7 Å². The van der Waals surface area contributed by atoms with Gasteiger partial charge in [0.25, 0.3) is 57.7 Å². The van der Waals surface area contributed by atoms with Crippen LogP contribution in [0.25, 0.3) is 77.0 Å². The molecule has 12 aromatic rings. The Kier molecular flexibility index (Phi) is 30.3. The lowest BCUT2D eigenvalue weighted by Crippen LogP contribution is -2.54. The second-order valence-corrected chi connectivity index (χ2v) is 43.6. The molecule has 782 valence electrons. The minimum Gasteiger partial charge on any atom is -0.477 e. The number of likely N-dealkylation sites (N-methyl/N-ethyl adjacent to an activating group) is 3. The lowest BCUT2D eigenvalue weighted by molar-refractivity contribution is -0.136. The number of aryl methyl sites for hydroxylation is 4. The molecule has 50 heteroatoms. The average Bonchev–Trinajstić information content (AvgIpc) is 1.10. The van der Waals surface area contributed by atoms with Gasteiger partial charge in [-0.15, -0.1) is 0 Å². The van der Waals surface area contributed by atoms with Crippen LogP contribution in [0.3, 0.4) is 0 Å². The maximum atomic E-state index is 13.3. The van der Waals surface area contributed by atoms with Crippen LogP contribution < -0.4 is 67.1 Å². The van der Waals surface area contributed by atoms with Crippen molar-refractivity contribution in [1.29, 1.82) is 0 Å². The number of aromatic amines is 4. The SMILES string of the molecule is CCOC(=O)c1cc2c(=O)n(C)cc(-c3cc(S(C)(=O)=O)cc4c3OC(C)(C)C(=O)N4C)c2[nH]1.CCOC(=O)c1cc2c(=O)n(C)cc(Br)c2[nH]1.CN1C(=O)C(C)(C)Oc2c(-c3cn(C)c(=O)c4cc(C(=O)NCCOCCOCCOCCC(=O)Nc5cccc6c5C(=O)N(C5CCC(=O)NC5=O)C6=O)[nH]c34)cc(S(C)(=O)=O)cc21.CN1C(=O)C(C)(C)Oc2c(-c3cn(C)c(=O)c4cc(C(=O)O)[nH]c34)cc(S(C)(=O)=O)cc21. The number of rotatable bonds is 26. The molecule has 0 aliphatic carbocycles. The summed E-state index contributed by atoms with van der Waals surface area (Å²) in [7, 11) is -0.282. The van der Waals surface area contributed by atoms with E-state index in [4.69, 9.17) is 37.9 Å². The molecule has 0 bridgehead atoms. The number of anilines is 4. The van der Waals surface area contributed by atoms with E-state index in [1.54, 1.807) is 82.7 Å². The first kappa shape index (κ1) is 108. The van der Waals surface area contributed by atoms with Gasteiger partial charge < -0.3 is 107 Å². The molecule has 1 unspecified atom stereocenters. The number of H-pyrrole nitrogens is 4. The maximum absolute atomic E-state index is 13.3. The predicted octanol–water partition coefficient (Wildman–Crippen LogP) is 7.10. The molecular formula is C98H104BrN15O31S3. The lowest BCUT2D eigenvalue weighted by atomic mass is 9.98. The van der Waals surface area contributed by atoms with Crippen molar-refractivity contribution >= 4 is 183 Å². The molecule has 0 spiro atoms. The molecule has 5 aliphatic rings. The van der Waals surface area contributed by atoms with Crippen molar-refractivity contribution in [1.82, 2.24) is 53.7 Å². The highest BCUT2D eigenvalue weighted by molar-refractivity contribution is 9.10. The fraction of sp³-hybridized carbons (Fsp3) is 0.347. The molecule has 4 aromatic carbocycles. The van der Waals surface area contributed by atoms with Crippen LogP contribution >= 0.6 is 15.9 Å². The van der Waals surface area contributed by atoms with Crippen molar-refractivity contribution < 1.29 is 126 Å². The maximum Gasteiger partial charge on any atom is 0.354 e. The van der Waals surface area contributed by atoms with E-state index < -0.39 is 117 Å². The standard InChI is InChI=1S/C43H47N7O14S.C23H25N3O7S.C21H21N3O7S.C11H11BrN2O3/c1-43(2)42(58)49(4)31-20-23(65(5,59)60)19-25(36(31)64-43)27-22-48(3)39(55)26-21-29(46-35(26)27)37(53)44-12-14-62-16-18-63-17-15-61-13-11-33(52)45-28-8-6-7-24-34(28)41(57)50(40(24)56)30-9-10-32(51)47-38(30)54;1-7-32-21(28)16-10-14-18(24-16)15(11-25(4)20(14)27)13-8-12(34(6,30)31)9-17-19(13)33-23(2,3)22(29)26(17)5;1-21(2)20(28)24(4)15-7-10(32(5,29)30)6-11(17(15)31-21)13-9-23(3)18(25)12-8-14(19(26)27)22-16(12)13;1-3-17-11(16)8-4-6-9(13-8)7(12)5-14(2)10(6)15/h6-8,19-22,30,46H,9-18H2,1-5H3,(H,44,53)(H,45,52)(H,47,51,54);8-11,24H,7H2,1-6H3;6-9,22H,1-5H3,(H,26,27);4-5,13H,3H2,1-2H3. The number of amides is 9. The van der Waals surface area contributed by atoms with E-state index in [2.05, 4.69) is 51.8 Å². The van der Waals surface area contributed by atoms with Gasteiger partial charge in [-0.2, -0.15) is 0 Å². The first-order valence-corrected chi connectivity index (χ1v) is 52.1. The number of carboxylic acid groups (broad SMARTS) is 1. The number of pyridine rings is 4. The third kappa shape index (κ3) is 21.4. The van der Waals surface area contributed by atoms with Crippen LogP contribution in [0.5, 0.6) is 17.2 Å². The van der Waals surface area contributed by atoms with Gasteiger partial charge in [-0.25, -0.2) is 39.6 Å². The summed E-state index contributed by atoms with van der Waals surface area (Å²) in [5.41, 5.74) is -0.425. The fourth-order valence-corrected chi connectivity index (χ4v) is 19.8. The Labute approximate surface area is 851 Å². The van der Waals surface area contributed by atoms with E-state index in [9.17, 15) is 107 Å². The number of halogens is 1. The number of hydrogen-bond donors (Lipinski definition) is 8. The zero-order valence-corrected chi connectivity index (χ0v) is 87.3. The lowest BCUT2D eigenvalue weighted by Gasteiger charge is -2.38. The van der Waals surface area contributed by atoms with Crippen molar-refractivity contribution in [2.75, 3.05) is 119 Å². The van der Waals surface area contributed by atoms with Crippen LogP contribution in [0, 0.1) is 0 Å². The Morgan fingerprint density at radius 1 is 0.459 bits per heavy atom. The van der Waals surface area contributed by atoms with E-state index in [1.165, 1.54) is 159 Å². The molecule has 0 radical (unpaired) electrons. The summed E-state index contributed by atoms with van der Waals surface area (Å²) < 4.78 is 126. The van der Waals surface area contributed by atoms with Gasteiger partial charge in [-0.1, -0.05) is 6.07 Å². The van der Waals surface area contributed by atoms with Gasteiger partial charge in [0.1, 0.15) is 28.8 Å². The Bertz CT molecular complexity index is 8300. The first-order chi connectivity index (χ1) is 69.3. The quantitative estimate of drug-likeness (QED) is 0.0152. The van der Waals surface area contributed by atoms with E-state index >= 15 is 0 Å². The van der Waals surface area contributed by atoms with Crippen molar-refractivity contribution in [3.05, 3.63) is 183 Å². The number of fused-ring (bicyclic) bond motifs is 8. The second kappa shape index (κ2) is 41.4. The Morgan fingerprint density at radius 3 is 1.22 bits per heavy atom. The summed E-state index contributed by atoms with van der Waals surface area (Å²) in [6, 6.07) is 17.2. The van der Waals surface area contributed by atoms with Gasteiger partial charge in [0, 0.05) is 139 Å². The number of carboxylic acids is 1. The highest BCUT2D eigenvalue weighted by atomic mass is 79.9. The van der Waals surface area contributed by atoms with E-state index in [-0.39, 0.29) is 217 Å². The molecule has 5 aliphatic heterocycles. The number of aromatic nitrogens is 8. The minimum atomic E-state index is -3.76. The van der Waals surface area contributed by atoms with Gasteiger partial charge in [0.15, 0.2) is 63.6 Å². The number of esters is 2. The van der Waals surface area contributed by atoms with Crippen molar-refractivity contribution in [3.63, 3.8) is 0 Å². The molecule has 9 amide bonds. The van der Waals surface area contributed by atoms with Gasteiger partial charge in [0.2, 0.25) is 17.7 Å². The molecule has 8 N–H and O–H groups in total. The topological polar surface area (TPSA) is 602 Å². The number of piperidine rings is 1. The van der Waals surface area contributed by atoms with Crippen molar-refractivity contribution in [3.8, 4) is 50.6 Å². The molecule has 1 saturated heterocycles. The number of sulfone groups is 3. The fourth-order valence-electron chi connectivity index (χ4n) is 17.2. The smallest absolute Gasteiger partial charge is 0.354 e. The molecular weight excluding hydrogens is 2060 g/mol. The summed E-state index contributed by atoms with van der Waals surface area (Å²) in [6.07, 6.45) is 9.24. The molecule has 8 aromatic heterocycles. The molecule has 1 fully saturated rings. The minimum absolute atomic E-state index is 0.00789. The predicted molar refractivity (Wildman–Crippen MR) is 542 cm³/mol. The number of ether oxygens (including phenoxy) is 8. The highest BCUT2D eigenvalue weighted by Crippen LogP contribution is 2.51. The summed E-state index contributed by atoms with van der Waals surface area (Å²) in [4.78, 5) is 217. The summed E-state index contributed by atoms with van der Waals surface area (Å²) in [6.45, 7) is 14.5. The normalized spacial score (nSPS) is 15.5. The summed E-state index contributed by atoms with van der Waals surface area (Å²) in [5.74, 6) is -6.29. The number of nitrogens with zero attached hydrogens (tertiary/aromatic N) is 8. The highest BCUT2D eigenvalue weighted by Gasteiger charge is 2.49. The monoisotopic (exact) mass is 2160 g/mol. The van der Waals surface area contributed by atoms with Crippen LogP contribution in [-0.2, 0) is 110 Å². The number of carbonyl (C=O) groups excluding carboxylic acids is 11. The third-order valence-corrected chi connectivity index (χ3v) is 28.5. The molecule has 148 heavy (non-hydrogen) atoms. The van der Waals surface area contributed by atoms with Crippen LogP contribution in [-0.4, -0.2) is 267 Å². The summed E-state index contributed by atoms with van der Waals surface area (Å²) >= 11 is 3.34. The van der Waals surface area contributed by atoms with E-state index in [1.807, 2.05) is 0 Å². The number of aromatic carboxylic acids is 1. The van der Waals surface area contributed by atoms with Gasteiger partial charge in [-0.3, -0.25) is 72.5 Å². The largest absolute Gasteiger partial charge is 0.477 e. The number of imide groups is 2. The second-order valence-electron chi connectivity index (χ2n) is 36.7. The Hall–Kier alpha value is -15.5. The molecule has 46 nitrogen and oxygen atoms in total. The Morgan fingerprint density at radius 2 is 0.824 bits per heavy atom. The Balaban J connectivity index is 0.000000174. The van der Waals surface area contributed by atoms with E-state index in [0.29, 0.717) is 56.4 Å². The van der Waals surface area contributed by atoms with Crippen LogP contribution in [0.1, 0.15) is 137 Å². The average molecular weight is 2160 g/mol. The van der Waals surface area contributed by atoms with Gasteiger partial charge >= 0.3 is 17.9 Å².